The molecule has 0 aliphatic heterocycles. The van der Waals surface area contributed by atoms with Crippen molar-refractivity contribution in [2.75, 3.05) is 0 Å². The molecule has 3 heterocycles. The van der Waals surface area contributed by atoms with Gasteiger partial charge in [-0.3, -0.25) is 4.40 Å². The van der Waals surface area contributed by atoms with E-state index < -0.39 is 5.97 Å². The van der Waals surface area contributed by atoms with Gasteiger partial charge in [-0.15, -0.1) is 0 Å². The van der Waals surface area contributed by atoms with Gasteiger partial charge in [-0.05, 0) is 24.3 Å². The van der Waals surface area contributed by atoms with Crippen LogP contribution in [0.5, 0.6) is 11.6 Å². The Morgan fingerprint density at radius 1 is 1.16 bits per heavy atom. The summed E-state index contributed by atoms with van der Waals surface area (Å²) in [6, 6.07) is 8.53. The quantitative estimate of drug-likeness (QED) is 0.776. The molecule has 3 aromatic rings. The fraction of sp³-hybridized carbons (Fsp3) is 0. The zero-order valence-corrected chi connectivity index (χ0v) is 9.72. The Balaban J connectivity index is 2.06. The van der Waals surface area contributed by atoms with Crippen molar-refractivity contribution in [3.05, 3.63) is 54.6 Å². The lowest BCUT2D eigenvalue weighted by Crippen LogP contribution is -2.03. The summed E-state index contributed by atoms with van der Waals surface area (Å²) >= 11 is 0. The molecule has 3 rings (SSSR count). The molecule has 19 heavy (non-hydrogen) atoms. The third-order valence-electron chi connectivity index (χ3n) is 2.58. The summed E-state index contributed by atoms with van der Waals surface area (Å²) in [5, 5.41) is 9.06. The highest BCUT2D eigenvalue weighted by molar-refractivity contribution is 5.88. The minimum Gasteiger partial charge on any atom is -0.476 e. The lowest BCUT2D eigenvalue weighted by Gasteiger charge is -2.09. The van der Waals surface area contributed by atoms with E-state index in [1.165, 1.54) is 6.20 Å². The average molecular weight is 255 g/mol. The van der Waals surface area contributed by atoms with Crippen LogP contribution in [0.15, 0.2) is 48.9 Å². The van der Waals surface area contributed by atoms with Gasteiger partial charge in [-0.1, -0.05) is 6.07 Å². The third-order valence-corrected chi connectivity index (χ3v) is 2.58. The summed E-state index contributed by atoms with van der Waals surface area (Å²) in [6.07, 6.45) is 4.79. The number of imidazole rings is 1. The van der Waals surface area contributed by atoms with E-state index in [9.17, 15) is 4.79 Å². The van der Waals surface area contributed by atoms with Crippen LogP contribution in [0.1, 0.15) is 10.5 Å². The van der Waals surface area contributed by atoms with Gasteiger partial charge < -0.3 is 9.84 Å². The van der Waals surface area contributed by atoms with Gasteiger partial charge in [-0.2, -0.15) is 0 Å². The highest BCUT2D eigenvalue weighted by Crippen LogP contribution is 2.24. The van der Waals surface area contributed by atoms with Crippen LogP contribution in [-0.2, 0) is 0 Å². The Morgan fingerprint density at radius 3 is 2.89 bits per heavy atom. The van der Waals surface area contributed by atoms with Gasteiger partial charge in [0.2, 0.25) is 5.88 Å². The summed E-state index contributed by atoms with van der Waals surface area (Å²) in [5.41, 5.74) is 0.595. The molecule has 0 aromatic carbocycles. The number of aromatic nitrogens is 3. The lowest BCUT2D eigenvalue weighted by atomic mass is 10.3. The number of hydrogen-bond acceptors (Lipinski definition) is 4. The number of carboxylic acids is 1. The summed E-state index contributed by atoms with van der Waals surface area (Å²) in [7, 11) is 0. The molecule has 0 amide bonds. The Bertz CT molecular complexity index is 751. The predicted molar refractivity (Wildman–Crippen MR) is 66.5 cm³/mol. The standard InChI is InChI=1S/C13H9N3O3/c17-13(18)12-9(3-2-6-15-12)19-11-5-1-4-10-14-7-8-16(10)11/h1-8H,(H,17,18). The van der Waals surface area contributed by atoms with Crippen molar-refractivity contribution >= 4 is 11.6 Å². The first kappa shape index (κ1) is 11.2. The Kier molecular flexibility index (Phi) is 2.60. The van der Waals surface area contributed by atoms with Crippen LogP contribution < -0.4 is 4.74 Å². The Labute approximate surface area is 107 Å². The summed E-state index contributed by atoms with van der Waals surface area (Å²) in [6.45, 7) is 0. The summed E-state index contributed by atoms with van der Waals surface area (Å²) in [5.74, 6) is -0.463. The first-order valence-electron chi connectivity index (χ1n) is 5.54. The van der Waals surface area contributed by atoms with E-state index in [0.29, 0.717) is 5.88 Å². The molecule has 94 valence electrons. The number of aromatic carboxylic acids is 1. The zero-order chi connectivity index (χ0) is 13.2. The van der Waals surface area contributed by atoms with Gasteiger partial charge in [0.1, 0.15) is 5.65 Å². The van der Waals surface area contributed by atoms with Gasteiger partial charge in [0, 0.05) is 18.6 Å². The van der Waals surface area contributed by atoms with Crippen LogP contribution in [0.25, 0.3) is 5.65 Å². The molecule has 6 heteroatoms. The zero-order valence-electron chi connectivity index (χ0n) is 9.72. The van der Waals surface area contributed by atoms with Crippen molar-refractivity contribution in [1.82, 2.24) is 14.4 Å². The molecule has 0 saturated carbocycles. The minimum absolute atomic E-state index is 0.125. The second kappa shape index (κ2) is 4.41. The molecular weight excluding hydrogens is 246 g/mol. The molecule has 1 N–H and O–H groups in total. The van der Waals surface area contributed by atoms with Gasteiger partial charge in [-0.25, -0.2) is 14.8 Å². The van der Waals surface area contributed by atoms with E-state index in [1.54, 1.807) is 41.1 Å². The van der Waals surface area contributed by atoms with Crippen molar-refractivity contribution in [2.45, 2.75) is 0 Å². The van der Waals surface area contributed by atoms with Crippen LogP contribution in [0, 0.1) is 0 Å². The number of hydrogen-bond donors (Lipinski definition) is 1. The number of rotatable bonds is 3. The Morgan fingerprint density at radius 2 is 2.05 bits per heavy atom. The highest BCUT2D eigenvalue weighted by Gasteiger charge is 2.14. The van der Waals surface area contributed by atoms with Crippen molar-refractivity contribution in [3.8, 4) is 11.6 Å². The Hall–Kier alpha value is -2.89. The number of fused-ring (bicyclic) bond motifs is 1. The largest absolute Gasteiger partial charge is 0.476 e. The van der Waals surface area contributed by atoms with E-state index in [0.717, 1.165) is 5.65 Å². The molecule has 0 unspecified atom stereocenters. The maximum Gasteiger partial charge on any atom is 0.358 e. The van der Waals surface area contributed by atoms with Crippen LogP contribution >= 0.6 is 0 Å². The fourth-order valence-electron chi connectivity index (χ4n) is 1.75. The van der Waals surface area contributed by atoms with Crippen molar-refractivity contribution in [1.29, 1.82) is 0 Å². The van der Waals surface area contributed by atoms with E-state index in [-0.39, 0.29) is 11.4 Å². The minimum atomic E-state index is -1.13. The SMILES string of the molecule is O=C(O)c1ncccc1Oc1cccc2nccn12. The van der Waals surface area contributed by atoms with Crippen molar-refractivity contribution < 1.29 is 14.6 Å². The number of ether oxygens (including phenoxy) is 1. The first-order valence-corrected chi connectivity index (χ1v) is 5.54. The smallest absolute Gasteiger partial charge is 0.358 e. The van der Waals surface area contributed by atoms with E-state index in [1.807, 2.05) is 6.07 Å². The van der Waals surface area contributed by atoms with Gasteiger partial charge in [0.25, 0.3) is 0 Å². The number of carboxylic acid groups (broad SMARTS) is 1. The maximum absolute atomic E-state index is 11.1. The predicted octanol–water partition coefficient (Wildman–Crippen LogP) is 2.22. The molecule has 0 saturated heterocycles. The molecule has 0 bridgehead atoms. The van der Waals surface area contributed by atoms with E-state index in [2.05, 4.69) is 9.97 Å². The molecule has 0 spiro atoms. The molecular formula is C13H9N3O3. The normalized spacial score (nSPS) is 10.5. The molecule has 3 aromatic heterocycles. The molecule has 0 fully saturated rings. The second-order valence-electron chi connectivity index (χ2n) is 3.78. The van der Waals surface area contributed by atoms with Crippen LogP contribution in [-0.4, -0.2) is 25.4 Å². The average Bonchev–Trinajstić information content (AvgIpc) is 2.88. The topological polar surface area (TPSA) is 76.7 Å². The summed E-state index contributed by atoms with van der Waals surface area (Å²) < 4.78 is 7.34. The van der Waals surface area contributed by atoms with Crippen molar-refractivity contribution in [2.24, 2.45) is 0 Å². The van der Waals surface area contributed by atoms with Gasteiger partial charge in [0.15, 0.2) is 11.4 Å². The van der Waals surface area contributed by atoms with E-state index in [4.69, 9.17) is 9.84 Å². The van der Waals surface area contributed by atoms with Crippen LogP contribution in [0.4, 0.5) is 0 Å². The number of pyridine rings is 2. The molecule has 0 aliphatic carbocycles. The highest BCUT2D eigenvalue weighted by atomic mass is 16.5. The third kappa shape index (κ3) is 1.99. The fourth-order valence-corrected chi connectivity index (χ4v) is 1.75. The number of nitrogens with zero attached hydrogens (tertiary/aromatic N) is 3. The summed E-state index contributed by atoms with van der Waals surface area (Å²) in [4.78, 5) is 19.0. The molecule has 0 aliphatic rings. The maximum atomic E-state index is 11.1. The monoisotopic (exact) mass is 255 g/mol. The molecule has 6 nitrogen and oxygen atoms in total. The number of carbonyl (C=O) groups is 1. The molecule has 0 radical (unpaired) electrons. The first-order chi connectivity index (χ1) is 9.25. The van der Waals surface area contributed by atoms with Gasteiger partial charge >= 0.3 is 5.97 Å². The van der Waals surface area contributed by atoms with Gasteiger partial charge in [0.05, 0.1) is 0 Å². The lowest BCUT2D eigenvalue weighted by molar-refractivity contribution is 0.0687. The van der Waals surface area contributed by atoms with E-state index >= 15 is 0 Å². The van der Waals surface area contributed by atoms with Crippen LogP contribution in [0.3, 0.4) is 0 Å². The van der Waals surface area contributed by atoms with Crippen LogP contribution in [0.2, 0.25) is 0 Å². The molecule has 0 atom stereocenters. The van der Waals surface area contributed by atoms with Crippen molar-refractivity contribution in [3.63, 3.8) is 0 Å². The second-order valence-corrected chi connectivity index (χ2v) is 3.78.